The van der Waals surface area contributed by atoms with E-state index in [1.54, 1.807) is 19.6 Å². The molecule has 0 bridgehead atoms. The van der Waals surface area contributed by atoms with Crippen LogP contribution in [0.3, 0.4) is 0 Å². The molecule has 0 saturated heterocycles. The monoisotopic (exact) mass is 229 g/mol. The molecule has 0 aromatic heterocycles. The number of hydrogen-bond acceptors (Lipinski definition) is 3. The van der Waals surface area contributed by atoms with Gasteiger partial charge in [-0.3, -0.25) is 0 Å². The van der Waals surface area contributed by atoms with Gasteiger partial charge in [0, 0.05) is 0 Å². The summed E-state index contributed by atoms with van der Waals surface area (Å²) < 4.78 is 45.3. The number of methoxy groups -OCH3 is 1. The van der Waals surface area contributed by atoms with Crippen LogP contribution < -0.4 is 5.11 Å². The number of hydrogen-bond donors (Lipinski definition) is 0. The lowest BCUT2D eigenvalue weighted by Gasteiger charge is -2.26. The molecular weight excluding hydrogens is 217 g/mol. The number of halogens is 3. The summed E-state index contributed by atoms with van der Waals surface area (Å²) in [6.07, 6.45) is -4.80. The Morgan fingerprint density at radius 1 is 1.21 bits per heavy atom. The fourth-order valence-corrected chi connectivity index (χ4v) is 1.43. The van der Waals surface area contributed by atoms with Crippen molar-refractivity contribution in [3.63, 3.8) is 0 Å². The van der Waals surface area contributed by atoms with Crippen molar-refractivity contribution in [3.05, 3.63) is 11.7 Å². The molecule has 0 spiro atoms. The lowest BCUT2D eigenvalue weighted by Crippen LogP contribution is -2.33. The molecule has 0 N–H and O–H groups in total. The average Bonchev–Trinajstić information content (AvgIpc) is 1.95. The van der Waals surface area contributed by atoms with Crippen LogP contribution >= 0.6 is 0 Å². The number of allylic oxidation sites excluding steroid dienone is 1. The highest BCUT2D eigenvalue weighted by Gasteiger charge is 2.39. The maximum atomic E-state index is 12.2. The maximum absolute atomic E-state index is 12.2. The Kier molecular flexibility index (Phi) is 3.87. The van der Waals surface area contributed by atoms with Gasteiger partial charge in [0.05, 0.1) is 5.95 Å². The van der Waals surface area contributed by atoms with Crippen molar-refractivity contribution in [2.45, 2.75) is 25.8 Å². The van der Waals surface area contributed by atoms with Crippen LogP contribution in [0.5, 0.6) is 0 Å². The Labute approximate surface area is 81.3 Å². The molecule has 7 heteroatoms. The fourth-order valence-electron chi connectivity index (χ4n) is 0.614. The number of rotatable bonds is 3. The zero-order chi connectivity index (χ0) is 11.6. The van der Waals surface area contributed by atoms with Gasteiger partial charge in [0.2, 0.25) is 14.1 Å². The lowest BCUT2D eigenvalue weighted by atomic mass is 10.5. The van der Waals surface area contributed by atoms with Crippen molar-refractivity contribution < 1.29 is 27.4 Å². The number of alkyl halides is 3. The van der Waals surface area contributed by atoms with Crippen molar-refractivity contribution in [2.75, 3.05) is 7.11 Å². The van der Waals surface area contributed by atoms with Crippen LogP contribution in [0.1, 0.15) is 0 Å². The van der Waals surface area contributed by atoms with E-state index >= 15 is 0 Å². The van der Waals surface area contributed by atoms with Crippen molar-refractivity contribution >= 4 is 8.32 Å². The van der Waals surface area contributed by atoms with E-state index in [-0.39, 0.29) is 0 Å². The third-order valence-electron chi connectivity index (χ3n) is 1.04. The van der Waals surface area contributed by atoms with E-state index in [1.807, 2.05) is 0 Å². The fraction of sp³-hybridized carbons (Fsp3) is 0.714. The molecule has 0 aromatic carbocycles. The summed E-state index contributed by atoms with van der Waals surface area (Å²) in [5, 5.41) is 10.8. The highest BCUT2D eigenvalue weighted by Crippen LogP contribution is 2.30. The molecule has 0 heterocycles. The second kappa shape index (κ2) is 4.12. The van der Waals surface area contributed by atoms with Crippen LogP contribution in [0.25, 0.3) is 0 Å². The minimum Gasteiger partial charge on any atom is -0.614 e. The van der Waals surface area contributed by atoms with E-state index < -0.39 is 26.2 Å². The standard InChI is InChI=1S/C7H13F3O3Si/c1-12-6(11)5(7(8,9)10)13-14(2,3)4/h11H,1-4H3/p-1/b6-5+. The summed E-state index contributed by atoms with van der Waals surface area (Å²) in [5.41, 5.74) is 0. The normalized spacial score (nSPS) is 14.8. The van der Waals surface area contributed by atoms with Gasteiger partial charge in [-0.2, -0.15) is 13.2 Å². The molecule has 0 fully saturated rings. The van der Waals surface area contributed by atoms with E-state index in [0.29, 0.717) is 0 Å². The number of ether oxygens (including phenoxy) is 1. The molecule has 3 nitrogen and oxygen atoms in total. The van der Waals surface area contributed by atoms with E-state index in [1.165, 1.54) is 0 Å². The van der Waals surface area contributed by atoms with Gasteiger partial charge in [0.25, 0.3) is 0 Å². The molecule has 0 amide bonds. The van der Waals surface area contributed by atoms with E-state index in [4.69, 9.17) is 0 Å². The lowest BCUT2D eigenvalue weighted by molar-refractivity contribution is -0.362. The summed E-state index contributed by atoms with van der Waals surface area (Å²) in [6, 6.07) is 0. The van der Waals surface area contributed by atoms with Crippen LogP contribution in [0.2, 0.25) is 19.6 Å². The highest BCUT2D eigenvalue weighted by atomic mass is 28.4. The Balaban J connectivity index is 4.96. The SMILES string of the molecule is CO/C([O-])=C(/O[Si](C)(C)C)C(F)(F)F. The summed E-state index contributed by atoms with van der Waals surface area (Å²) in [5.74, 6) is -3.06. The van der Waals surface area contributed by atoms with E-state index in [0.717, 1.165) is 7.11 Å². The third kappa shape index (κ3) is 4.40. The first-order chi connectivity index (χ1) is 6.08. The van der Waals surface area contributed by atoms with Gasteiger partial charge in [-0.25, -0.2) is 0 Å². The van der Waals surface area contributed by atoms with Gasteiger partial charge in [-0.1, -0.05) is 0 Å². The van der Waals surface area contributed by atoms with Crippen LogP contribution in [0.15, 0.2) is 11.7 Å². The molecule has 0 radical (unpaired) electrons. The average molecular weight is 229 g/mol. The Bertz CT molecular complexity index is 229. The molecular formula is C7H12F3O3Si-. The van der Waals surface area contributed by atoms with Gasteiger partial charge >= 0.3 is 6.18 Å². The Hall–Kier alpha value is -0.853. The molecule has 0 atom stereocenters. The second-order valence-electron chi connectivity index (χ2n) is 3.53. The van der Waals surface area contributed by atoms with Crippen molar-refractivity contribution in [1.29, 1.82) is 0 Å². The first kappa shape index (κ1) is 13.1. The minimum absolute atomic E-state index is 0.877. The quantitative estimate of drug-likeness (QED) is 0.545. The molecule has 0 aliphatic carbocycles. The second-order valence-corrected chi connectivity index (χ2v) is 7.96. The molecule has 0 saturated carbocycles. The van der Waals surface area contributed by atoms with Crippen LogP contribution in [-0.2, 0) is 9.16 Å². The maximum Gasteiger partial charge on any atom is 0.449 e. The molecule has 0 aliphatic rings. The van der Waals surface area contributed by atoms with Gasteiger partial charge in [0.1, 0.15) is 0 Å². The van der Waals surface area contributed by atoms with Gasteiger partial charge in [0.15, 0.2) is 0 Å². The summed E-state index contributed by atoms with van der Waals surface area (Å²) in [7, 11) is -1.59. The van der Waals surface area contributed by atoms with Crippen LogP contribution in [0, 0.1) is 0 Å². The van der Waals surface area contributed by atoms with E-state index in [9.17, 15) is 18.3 Å². The topological polar surface area (TPSA) is 41.5 Å². The summed E-state index contributed by atoms with van der Waals surface area (Å²) in [4.78, 5) is 0. The molecule has 14 heavy (non-hydrogen) atoms. The first-order valence-electron chi connectivity index (χ1n) is 3.79. The third-order valence-corrected chi connectivity index (χ3v) is 1.85. The van der Waals surface area contributed by atoms with Gasteiger partial charge < -0.3 is 14.3 Å². The van der Waals surface area contributed by atoms with Gasteiger partial charge in [-0.15, -0.1) is 0 Å². The van der Waals surface area contributed by atoms with Crippen LogP contribution in [-0.4, -0.2) is 21.6 Å². The summed E-state index contributed by atoms with van der Waals surface area (Å²) >= 11 is 0. The van der Waals surface area contributed by atoms with Gasteiger partial charge in [-0.05, 0) is 26.8 Å². The zero-order valence-corrected chi connectivity index (χ0v) is 9.36. The Morgan fingerprint density at radius 3 is 1.86 bits per heavy atom. The zero-order valence-electron chi connectivity index (χ0n) is 8.36. The van der Waals surface area contributed by atoms with Crippen molar-refractivity contribution in [1.82, 2.24) is 0 Å². The van der Waals surface area contributed by atoms with Crippen LogP contribution in [0.4, 0.5) is 13.2 Å². The summed E-state index contributed by atoms with van der Waals surface area (Å²) in [6.45, 7) is 4.63. The molecule has 84 valence electrons. The van der Waals surface area contributed by atoms with Crippen molar-refractivity contribution in [3.8, 4) is 0 Å². The predicted molar refractivity (Wildman–Crippen MR) is 44.5 cm³/mol. The molecule has 0 rings (SSSR count). The first-order valence-corrected chi connectivity index (χ1v) is 7.20. The predicted octanol–water partition coefficient (Wildman–Crippen LogP) is 1.58. The Morgan fingerprint density at radius 2 is 1.64 bits per heavy atom. The molecule has 0 unspecified atom stereocenters. The van der Waals surface area contributed by atoms with Crippen molar-refractivity contribution in [2.24, 2.45) is 0 Å². The van der Waals surface area contributed by atoms with E-state index in [2.05, 4.69) is 9.16 Å². The molecule has 0 aromatic rings. The smallest absolute Gasteiger partial charge is 0.449 e. The highest BCUT2D eigenvalue weighted by molar-refractivity contribution is 6.70. The largest absolute Gasteiger partial charge is 0.614 e. The minimum atomic E-state index is -4.80. The molecule has 0 aliphatic heterocycles.